The van der Waals surface area contributed by atoms with Crippen LogP contribution in [0.4, 0.5) is 0 Å². The quantitative estimate of drug-likeness (QED) is 0.798. The van der Waals surface area contributed by atoms with E-state index in [0.717, 1.165) is 38.0 Å². The average Bonchev–Trinajstić information content (AvgIpc) is 3.13. The average molecular weight is 383 g/mol. The molecule has 1 unspecified atom stereocenters. The molecule has 1 atom stereocenters. The van der Waals surface area contributed by atoms with Crippen LogP contribution in [0, 0.1) is 11.8 Å². The highest BCUT2D eigenvalue weighted by molar-refractivity contribution is 7.09. The van der Waals surface area contributed by atoms with E-state index in [0.29, 0.717) is 5.56 Å². The van der Waals surface area contributed by atoms with Crippen molar-refractivity contribution in [3.63, 3.8) is 0 Å². The summed E-state index contributed by atoms with van der Waals surface area (Å²) < 4.78 is 0. The van der Waals surface area contributed by atoms with Gasteiger partial charge in [0.1, 0.15) is 5.60 Å². The third kappa shape index (κ3) is 6.21. The van der Waals surface area contributed by atoms with Gasteiger partial charge in [0.2, 0.25) is 0 Å². The number of nitrogens with one attached hydrogen (secondary N) is 1. The van der Waals surface area contributed by atoms with E-state index in [1.807, 2.05) is 12.1 Å². The molecule has 27 heavy (non-hydrogen) atoms. The molecule has 2 aromatic rings. The maximum atomic E-state index is 12.7. The van der Waals surface area contributed by atoms with Crippen molar-refractivity contribution >= 4 is 17.2 Å². The molecule has 1 aromatic carbocycles. The van der Waals surface area contributed by atoms with Crippen LogP contribution >= 0.6 is 11.3 Å². The Morgan fingerprint density at radius 1 is 1.37 bits per heavy atom. The molecule has 0 saturated carbocycles. The van der Waals surface area contributed by atoms with E-state index in [-0.39, 0.29) is 11.9 Å². The van der Waals surface area contributed by atoms with Gasteiger partial charge in [-0.25, -0.2) is 0 Å². The van der Waals surface area contributed by atoms with Crippen molar-refractivity contribution in [2.45, 2.75) is 44.9 Å². The minimum atomic E-state index is -1.05. The number of thiophene rings is 1. The summed E-state index contributed by atoms with van der Waals surface area (Å²) in [4.78, 5) is 16.4. The molecule has 0 radical (unpaired) electrons. The van der Waals surface area contributed by atoms with Crippen molar-refractivity contribution in [1.29, 1.82) is 0 Å². The van der Waals surface area contributed by atoms with Crippen LogP contribution in [0.25, 0.3) is 0 Å². The number of rotatable bonds is 4. The zero-order chi connectivity index (χ0) is 19.3. The number of aliphatic hydroxyl groups is 1. The summed E-state index contributed by atoms with van der Waals surface area (Å²) in [5.41, 5.74) is 0.285. The van der Waals surface area contributed by atoms with Gasteiger partial charge in [-0.05, 0) is 62.9 Å². The van der Waals surface area contributed by atoms with E-state index in [1.54, 1.807) is 37.3 Å². The van der Waals surface area contributed by atoms with Crippen LogP contribution in [-0.2, 0) is 6.54 Å². The fourth-order valence-corrected chi connectivity index (χ4v) is 3.92. The van der Waals surface area contributed by atoms with Crippen LogP contribution in [0.5, 0.6) is 0 Å². The predicted octanol–water partition coefficient (Wildman–Crippen LogP) is 3.26. The number of benzene rings is 1. The van der Waals surface area contributed by atoms with E-state index >= 15 is 0 Å². The number of hydrogen-bond acceptors (Lipinski definition) is 4. The van der Waals surface area contributed by atoms with Gasteiger partial charge in [0.25, 0.3) is 5.91 Å². The van der Waals surface area contributed by atoms with Crippen LogP contribution in [-0.4, -0.2) is 40.6 Å². The van der Waals surface area contributed by atoms with Crippen LogP contribution < -0.4 is 5.32 Å². The molecule has 0 spiro atoms. The minimum absolute atomic E-state index is 0.0649. The SMILES string of the molecule is CC(C)(O)C#Cc1cccc(C(=O)NC2CCCN(Cc3cccs3)C2)c1. The van der Waals surface area contributed by atoms with Crippen LogP contribution in [0.1, 0.15) is 47.5 Å². The summed E-state index contributed by atoms with van der Waals surface area (Å²) in [5, 5.41) is 15.0. The number of piperidine rings is 1. The maximum Gasteiger partial charge on any atom is 0.251 e. The summed E-state index contributed by atoms with van der Waals surface area (Å²) >= 11 is 1.78. The van der Waals surface area contributed by atoms with Gasteiger partial charge in [0.15, 0.2) is 0 Å². The Labute approximate surface area is 165 Å². The third-order valence-electron chi connectivity index (χ3n) is 4.44. The predicted molar refractivity (Wildman–Crippen MR) is 110 cm³/mol. The standard InChI is InChI=1S/C22H26N2O2S/c1-22(2,26)11-10-17-6-3-7-18(14-17)21(25)23-19-8-4-12-24(15-19)16-20-9-5-13-27-20/h3,5-7,9,13-14,19,26H,4,8,12,15-16H2,1-2H3,(H,23,25). The van der Waals surface area contributed by atoms with Crippen LogP contribution in [0.15, 0.2) is 41.8 Å². The smallest absolute Gasteiger partial charge is 0.251 e. The van der Waals surface area contributed by atoms with E-state index in [2.05, 4.69) is 39.6 Å². The molecular formula is C22H26N2O2S. The number of hydrogen-bond donors (Lipinski definition) is 2. The van der Waals surface area contributed by atoms with Crippen LogP contribution in [0.3, 0.4) is 0 Å². The summed E-state index contributed by atoms with van der Waals surface area (Å²) in [6.45, 7) is 6.18. The molecule has 1 saturated heterocycles. The summed E-state index contributed by atoms with van der Waals surface area (Å²) in [7, 11) is 0. The molecule has 4 nitrogen and oxygen atoms in total. The van der Waals surface area contributed by atoms with Crippen molar-refractivity contribution in [2.75, 3.05) is 13.1 Å². The Morgan fingerprint density at radius 2 is 2.22 bits per heavy atom. The van der Waals surface area contributed by atoms with Gasteiger partial charge in [-0.1, -0.05) is 24.0 Å². The lowest BCUT2D eigenvalue weighted by atomic mass is 10.0. The molecule has 1 fully saturated rings. The lowest BCUT2D eigenvalue weighted by Crippen LogP contribution is -2.47. The third-order valence-corrected chi connectivity index (χ3v) is 5.30. The monoisotopic (exact) mass is 382 g/mol. The molecule has 2 N–H and O–H groups in total. The number of carbonyl (C=O) groups excluding carboxylic acids is 1. The Bertz CT molecular complexity index is 828. The second-order valence-corrected chi connectivity index (χ2v) is 8.55. The largest absolute Gasteiger partial charge is 0.378 e. The first-order valence-corrected chi connectivity index (χ1v) is 10.2. The molecule has 3 rings (SSSR count). The lowest BCUT2D eigenvalue weighted by Gasteiger charge is -2.32. The van der Waals surface area contributed by atoms with Gasteiger partial charge < -0.3 is 10.4 Å². The van der Waals surface area contributed by atoms with Crippen molar-refractivity contribution in [2.24, 2.45) is 0 Å². The Hall–Kier alpha value is -2.13. The molecule has 2 heterocycles. The fourth-order valence-electron chi connectivity index (χ4n) is 3.17. The van der Waals surface area contributed by atoms with Gasteiger partial charge in [-0.3, -0.25) is 9.69 Å². The topological polar surface area (TPSA) is 52.6 Å². The van der Waals surface area contributed by atoms with Crippen LogP contribution in [0.2, 0.25) is 0 Å². The molecule has 142 valence electrons. The zero-order valence-electron chi connectivity index (χ0n) is 15.9. The molecule has 1 aliphatic heterocycles. The highest BCUT2D eigenvalue weighted by atomic mass is 32.1. The first kappa shape index (κ1) is 19.6. The van der Waals surface area contributed by atoms with Crippen molar-refractivity contribution < 1.29 is 9.90 Å². The van der Waals surface area contributed by atoms with Gasteiger partial charge in [-0.2, -0.15) is 0 Å². The van der Waals surface area contributed by atoms with E-state index < -0.39 is 5.60 Å². The zero-order valence-corrected chi connectivity index (χ0v) is 16.7. The number of likely N-dealkylation sites (tertiary alicyclic amines) is 1. The Kier molecular flexibility index (Phi) is 6.33. The van der Waals surface area contributed by atoms with Gasteiger partial charge in [0, 0.05) is 35.1 Å². The van der Waals surface area contributed by atoms with Gasteiger partial charge in [0.05, 0.1) is 0 Å². The number of nitrogens with zero attached hydrogens (tertiary/aromatic N) is 1. The van der Waals surface area contributed by atoms with Crippen molar-refractivity contribution in [1.82, 2.24) is 10.2 Å². The molecule has 5 heteroatoms. The van der Waals surface area contributed by atoms with Crippen molar-refractivity contribution in [3.8, 4) is 11.8 Å². The normalized spacial score (nSPS) is 17.8. The fraction of sp³-hybridized carbons (Fsp3) is 0.409. The van der Waals surface area contributed by atoms with Gasteiger partial charge in [-0.15, -0.1) is 11.3 Å². The second-order valence-electron chi connectivity index (χ2n) is 7.52. The van der Waals surface area contributed by atoms with E-state index in [9.17, 15) is 9.90 Å². The lowest BCUT2D eigenvalue weighted by molar-refractivity contribution is 0.0901. The Balaban J connectivity index is 1.60. The summed E-state index contributed by atoms with van der Waals surface area (Å²) in [6, 6.07) is 11.7. The summed E-state index contributed by atoms with van der Waals surface area (Å²) in [5.74, 6) is 5.64. The summed E-state index contributed by atoms with van der Waals surface area (Å²) in [6.07, 6.45) is 2.10. The minimum Gasteiger partial charge on any atom is -0.378 e. The Morgan fingerprint density at radius 3 is 2.96 bits per heavy atom. The highest BCUT2D eigenvalue weighted by Gasteiger charge is 2.22. The van der Waals surface area contributed by atoms with E-state index in [1.165, 1.54) is 4.88 Å². The molecule has 0 aliphatic carbocycles. The molecule has 1 aliphatic rings. The van der Waals surface area contributed by atoms with Gasteiger partial charge >= 0.3 is 0 Å². The first-order valence-electron chi connectivity index (χ1n) is 9.30. The second kappa shape index (κ2) is 8.71. The molecular weight excluding hydrogens is 356 g/mol. The number of amides is 1. The van der Waals surface area contributed by atoms with Crippen molar-refractivity contribution in [3.05, 3.63) is 57.8 Å². The molecule has 0 bridgehead atoms. The van der Waals surface area contributed by atoms with E-state index in [4.69, 9.17) is 0 Å². The molecule has 1 aromatic heterocycles. The maximum absolute atomic E-state index is 12.7. The highest BCUT2D eigenvalue weighted by Crippen LogP contribution is 2.17. The number of carbonyl (C=O) groups is 1. The first-order chi connectivity index (χ1) is 12.9. The molecule has 1 amide bonds.